The highest BCUT2D eigenvalue weighted by molar-refractivity contribution is 4.72. The SMILES string of the molecule is CC(C)COCC(O)CNC(C)CN1CCCCC1. The summed E-state index contributed by atoms with van der Waals surface area (Å²) in [5, 5.41) is 13.2. The van der Waals surface area contributed by atoms with E-state index in [-0.39, 0.29) is 0 Å². The second-order valence-corrected chi connectivity index (χ2v) is 6.26. The lowest BCUT2D eigenvalue weighted by Gasteiger charge is -2.29. The Morgan fingerprint density at radius 1 is 1.11 bits per heavy atom. The zero-order valence-corrected chi connectivity index (χ0v) is 12.9. The lowest BCUT2D eigenvalue weighted by atomic mass is 10.1. The fourth-order valence-electron chi connectivity index (χ4n) is 2.43. The first-order valence-corrected chi connectivity index (χ1v) is 7.79. The molecule has 0 aromatic heterocycles. The number of aliphatic hydroxyl groups is 1. The first-order chi connectivity index (χ1) is 9.08. The standard InChI is InChI=1S/C15H32N2O2/c1-13(2)11-19-12-15(18)9-16-14(3)10-17-7-5-4-6-8-17/h13-16,18H,4-12H2,1-3H3. The minimum absolute atomic E-state index is 0.400. The molecule has 0 aliphatic carbocycles. The zero-order chi connectivity index (χ0) is 14.1. The van der Waals surface area contributed by atoms with E-state index < -0.39 is 6.10 Å². The van der Waals surface area contributed by atoms with E-state index in [1.807, 2.05) is 0 Å². The van der Waals surface area contributed by atoms with Gasteiger partial charge in [-0.15, -0.1) is 0 Å². The van der Waals surface area contributed by atoms with Crippen LogP contribution in [0.4, 0.5) is 0 Å². The molecule has 0 aromatic rings. The number of aliphatic hydroxyl groups excluding tert-OH is 1. The molecule has 0 radical (unpaired) electrons. The summed E-state index contributed by atoms with van der Waals surface area (Å²) in [6, 6.07) is 0.429. The summed E-state index contributed by atoms with van der Waals surface area (Å²) < 4.78 is 5.44. The van der Waals surface area contributed by atoms with E-state index in [2.05, 4.69) is 31.0 Å². The van der Waals surface area contributed by atoms with Crippen LogP contribution >= 0.6 is 0 Å². The van der Waals surface area contributed by atoms with E-state index in [1.54, 1.807) is 0 Å². The molecule has 1 aliphatic rings. The Labute approximate surface area is 118 Å². The van der Waals surface area contributed by atoms with Gasteiger partial charge in [0.2, 0.25) is 0 Å². The van der Waals surface area contributed by atoms with Gasteiger partial charge in [0.05, 0.1) is 12.7 Å². The van der Waals surface area contributed by atoms with E-state index in [0.29, 0.717) is 25.1 Å². The van der Waals surface area contributed by atoms with Crippen molar-refractivity contribution in [2.75, 3.05) is 39.4 Å². The van der Waals surface area contributed by atoms with Crippen LogP contribution in [-0.2, 0) is 4.74 Å². The van der Waals surface area contributed by atoms with E-state index in [9.17, 15) is 5.11 Å². The number of piperidine rings is 1. The number of nitrogens with one attached hydrogen (secondary N) is 1. The molecule has 1 rings (SSSR count). The van der Waals surface area contributed by atoms with Crippen molar-refractivity contribution in [3.8, 4) is 0 Å². The van der Waals surface area contributed by atoms with Gasteiger partial charge in [-0.3, -0.25) is 0 Å². The minimum atomic E-state index is -0.400. The molecule has 0 amide bonds. The lowest BCUT2D eigenvalue weighted by molar-refractivity contribution is 0.0246. The molecule has 2 unspecified atom stereocenters. The summed E-state index contributed by atoms with van der Waals surface area (Å²) >= 11 is 0. The molecule has 19 heavy (non-hydrogen) atoms. The van der Waals surface area contributed by atoms with Gasteiger partial charge in [0.25, 0.3) is 0 Å². The highest BCUT2D eigenvalue weighted by atomic mass is 16.5. The number of likely N-dealkylation sites (tertiary alicyclic amines) is 1. The van der Waals surface area contributed by atoms with Crippen LogP contribution in [0.3, 0.4) is 0 Å². The first-order valence-electron chi connectivity index (χ1n) is 7.79. The molecule has 2 N–H and O–H groups in total. The van der Waals surface area contributed by atoms with Crippen molar-refractivity contribution in [2.24, 2.45) is 5.92 Å². The summed E-state index contributed by atoms with van der Waals surface area (Å²) in [5.41, 5.74) is 0. The predicted molar refractivity (Wildman–Crippen MR) is 79.4 cm³/mol. The highest BCUT2D eigenvalue weighted by Crippen LogP contribution is 2.08. The van der Waals surface area contributed by atoms with Crippen molar-refractivity contribution in [2.45, 2.75) is 52.2 Å². The lowest BCUT2D eigenvalue weighted by Crippen LogP contribution is -2.44. The second-order valence-electron chi connectivity index (χ2n) is 6.26. The maximum Gasteiger partial charge on any atom is 0.0897 e. The van der Waals surface area contributed by atoms with Gasteiger partial charge in [-0.25, -0.2) is 0 Å². The summed E-state index contributed by atoms with van der Waals surface area (Å²) in [6.45, 7) is 11.7. The average Bonchev–Trinajstić information content (AvgIpc) is 2.37. The molecule has 4 nitrogen and oxygen atoms in total. The van der Waals surface area contributed by atoms with Crippen molar-refractivity contribution < 1.29 is 9.84 Å². The zero-order valence-electron chi connectivity index (χ0n) is 12.9. The van der Waals surface area contributed by atoms with Gasteiger partial charge >= 0.3 is 0 Å². The molecule has 0 saturated carbocycles. The Hall–Kier alpha value is -0.160. The van der Waals surface area contributed by atoms with Crippen LogP contribution in [0.5, 0.6) is 0 Å². The Morgan fingerprint density at radius 2 is 1.79 bits per heavy atom. The summed E-state index contributed by atoms with van der Waals surface area (Å²) in [7, 11) is 0. The Bertz CT molecular complexity index is 218. The average molecular weight is 272 g/mol. The molecule has 4 heteroatoms. The molecule has 1 heterocycles. The van der Waals surface area contributed by atoms with Crippen molar-refractivity contribution in [3.05, 3.63) is 0 Å². The number of hydrogen-bond donors (Lipinski definition) is 2. The van der Waals surface area contributed by atoms with Crippen molar-refractivity contribution in [3.63, 3.8) is 0 Å². The van der Waals surface area contributed by atoms with Crippen LogP contribution in [0.1, 0.15) is 40.0 Å². The molecule has 1 saturated heterocycles. The fourth-order valence-corrected chi connectivity index (χ4v) is 2.43. The van der Waals surface area contributed by atoms with E-state index >= 15 is 0 Å². The molecule has 1 fully saturated rings. The number of hydrogen-bond acceptors (Lipinski definition) is 4. The predicted octanol–water partition coefficient (Wildman–Crippen LogP) is 1.48. The normalized spacial score (nSPS) is 20.7. The van der Waals surface area contributed by atoms with Crippen LogP contribution in [0.25, 0.3) is 0 Å². The Morgan fingerprint density at radius 3 is 2.42 bits per heavy atom. The van der Waals surface area contributed by atoms with Crippen LogP contribution in [0, 0.1) is 5.92 Å². The molecule has 0 spiro atoms. The third-order valence-electron chi connectivity index (χ3n) is 3.44. The van der Waals surface area contributed by atoms with E-state index in [4.69, 9.17) is 4.74 Å². The van der Waals surface area contributed by atoms with Gasteiger partial charge in [0.15, 0.2) is 0 Å². The maximum absolute atomic E-state index is 9.82. The summed E-state index contributed by atoms with van der Waals surface area (Å²) in [5.74, 6) is 0.526. The molecule has 1 aliphatic heterocycles. The van der Waals surface area contributed by atoms with Gasteiger partial charge < -0.3 is 20.1 Å². The highest BCUT2D eigenvalue weighted by Gasteiger charge is 2.14. The van der Waals surface area contributed by atoms with Crippen LogP contribution in [0.2, 0.25) is 0 Å². The van der Waals surface area contributed by atoms with Gasteiger partial charge in [0, 0.05) is 25.7 Å². The van der Waals surface area contributed by atoms with Crippen molar-refractivity contribution >= 4 is 0 Å². The quantitative estimate of drug-likeness (QED) is 0.667. The second kappa shape index (κ2) is 9.70. The monoisotopic (exact) mass is 272 g/mol. The van der Waals surface area contributed by atoms with Gasteiger partial charge in [-0.2, -0.15) is 0 Å². The number of nitrogens with zero attached hydrogens (tertiary/aromatic N) is 1. The van der Waals surface area contributed by atoms with E-state index in [1.165, 1.54) is 32.4 Å². The molecule has 0 bridgehead atoms. The first kappa shape index (κ1) is 16.9. The van der Waals surface area contributed by atoms with E-state index in [0.717, 1.165) is 13.2 Å². The van der Waals surface area contributed by atoms with Crippen LogP contribution in [-0.4, -0.2) is 61.5 Å². The van der Waals surface area contributed by atoms with Crippen molar-refractivity contribution in [1.82, 2.24) is 10.2 Å². The summed E-state index contributed by atoms with van der Waals surface area (Å²) in [6.07, 6.45) is 3.64. The Kier molecular flexibility index (Phi) is 8.62. The van der Waals surface area contributed by atoms with Gasteiger partial charge in [-0.1, -0.05) is 20.3 Å². The third kappa shape index (κ3) is 8.58. The molecule has 114 valence electrons. The molecule has 0 aromatic carbocycles. The fraction of sp³-hybridized carbons (Fsp3) is 1.00. The summed E-state index contributed by atoms with van der Waals surface area (Å²) in [4.78, 5) is 2.52. The maximum atomic E-state index is 9.82. The van der Waals surface area contributed by atoms with Gasteiger partial charge in [-0.05, 0) is 38.8 Å². The Balaban J connectivity index is 2.03. The molecule has 2 atom stereocenters. The number of rotatable bonds is 9. The smallest absolute Gasteiger partial charge is 0.0897 e. The third-order valence-corrected chi connectivity index (χ3v) is 3.44. The number of ether oxygens (including phenoxy) is 1. The topological polar surface area (TPSA) is 44.7 Å². The van der Waals surface area contributed by atoms with Crippen LogP contribution < -0.4 is 5.32 Å². The van der Waals surface area contributed by atoms with Crippen LogP contribution in [0.15, 0.2) is 0 Å². The minimum Gasteiger partial charge on any atom is -0.389 e. The van der Waals surface area contributed by atoms with Crippen molar-refractivity contribution in [1.29, 1.82) is 0 Å². The molecular formula is C15H32N2O2. The van der Waals surface area contributed by atoms with Gasteiger partial charge in [0.1, 0.15) is 0 Å². The molecular weight excluding hydrogens is 240 g/mol. The largest absolute Gasteiger partial charge is 0.389 e.